The van der Waals surface area contributed by atoms with Gasteiger partial charge in [-0.25, -0.2) is 4.57 Å². The summed E-state index contributed by atoms with van der Waals surface area (Å²) in [5, 5.41) is 0. The maximum absolute atomic E-state index is 12.9. The highest BCUT2D eigenvalue weighted by atomic mass is 31.2. The molecule has 0 spiro atoms. The number of hydrogen-bond acceptors (Lipinski definition) is 7. The van der Waals surface area contributed by atoms with Gasteiger partial charge in [-0.3, -0.25) is 18.6 Å². The molecule has 0 aliphatic rings. The number of phosphoric ester groups is 1. The van der Waals surface area contributed by atoms with E-state index >= 15 is 0 Å². The Balaban J connectivity index is 4.20. The third kappa shape index (κ3) is 75.4. The Bertz CT molecular complexity index is 2390. The second-order valence-corrected chi connectivity index (χ2v) is 26.0. The van der Waals surface area contributed by atoms with Crippen LogP contribution in [-0.4, -0.2) is 74.9 Å². The molecule has 0 aliphatic carbocycles. The number of unbranched alkanes of at least 4 members (excludes halogenated alkanes) is 14. The highest BCUT2D eigenvalue weighted by molar-refractivity contribution is 7.47. The van der Waals surface area contributed by atoms with E-state index in [-0.39, 0.29) is 32.0 Å². The Labute approximate surface area is 576 Å². The normalized spacial score (nSPS) is 14.4. The van der Waals surface area contributed by atoms with Crippen LogP contribution in [0, 0.1) is 0 Å². The van der Waals surface area contributed by atoms with Crippen molar-refractivity contribution in [2.45, 2.75) is 251 Å². The minimum absolute atomic E-state index is 0.0146. The van der Waals surface area contributed by atoms with Gasteiger partial charge in [0, 0.05) is 12.8 Å². The molecule has 2 unspecified atom stereocenters. The summed E-state index contributed by atoms with van der Waals surface area (Å²) < 4.78 is 34.7. The number of quaternary nitrogens is 1. The molecule has 0 saturated heterocycles. The number of esters is 2. The topological polar surface area (TPSA) is 108 Å². The number of hydrogen-bond donors (Lipinski definition) is 1. The van der Waals surface area contributed by atoms with E-state index in [2.05, 4.69) is 233 Å². The molecule has 10 heteroatoms. The number of allylic oxidation sites excluding steroid dienone is 36. The van der Waals surface area contributed by atoms with E-state index in [1.165, 1.54) is 25.7 Å². The number of ether oxygens (including phenoxy) is 2. The summed E-state index contributed by atoms with van der Waals surface area (Å²) in [5.41, 5.74) is 0. The summed E-state index contributed by atoms with van der Waals surface area (Å²) in [7, 11) is 1.43. The van der Waals surface area contributed by atoms with Gasteiger partial charge in [0.25, 0.3) is 0 Å². The lowest BCUT2D eigenvalue weighted by atomic mass is 10.1. The Morgan fingerprint density at radius 1 is 0.330 bits per heavy atom. The molecule has 0 fully saturated rings. The molecule has 0 heterocycles. The second kappa shape index (κ2) is 71.6. The standard InChI is InChI=1S/C84H132NO8P/c1-6-8-10-12-14-16-18-20-22-24-26-28-30-32-34-36-38-40-41-42-43-45-47-49-51-53-55-57-59-61-63-65-67-69-71-73-75-77-84(87)93-82(81-92-94(88,89)91-79-78-85(3,4)5)80-90-83(86)76-74-72-70-68-66-64-62-60-58-56-54-52-50-48-46-44-39-37-35-33-31-29-27-25-23-21-19-17-15-13-11-9-7-2/h8-11,14-17,20-23,26-29,32-35,38-40,42-44,47-50,53-56,59,61,82H,6-7,12-13,18-19,24-25,30-31,36-37,41,45-46,51-52,57-58,60,62-81H2,1-5H3/p+1/b10-8-,11-9-,16-14-,17-15-,22-20-,23-21-,28-26-,29-27-,34-32-,35-33-,40-38-,43-42-,44-39-,49-47-,50-48-,55-53-,56-54-,61-59-. The summed E-state index contributed by atoms with van der Waals surface area (Å²) >= 11 is 0. The van der Waals surface area contributed by atoms with Gasteiger partial charge in [-0.05, 0) is 154 Å². The predicted octanol–water partition coefficient (Wildman–Crippen LogP) is 24.4. The molecule has 0 radical (unpaired) electrons. The summed E-state index contributed by atoms with van der Waals surface area (Å²) in [4.78, 5) is 35.9. The zero-order chi connectivity index (χ0) is 68.3. The number of carbonyl (C=O) groups is 2. The van der Waals surface area contributed by atoms with Gasteiger partial charge in [0.1, 0.15) is 19.8 Å². The van der Waals surface area contributed by atoms with E-state index < -0.39 is 26.5 Å². The quantitative estimate of drug-likeness (QED) is 0.0211. The van der Waals surface area contributed by atoms with Crippen molar-refractivity contribution in [1.29, 1.82) is 0 Å². The van der Waals surface area contributed by atoms with Crippen molar-refractivity contribution in [1.82, 2.24) is 0 Å². The summed E-state index contributed by atoms with van der Waals surface area (Å²) in [6.45, 7) is 4.15. The molecule has 0 saturated carbocycles. The summed E-state index contributed by atoms with van der Waals surface area (Å²) in [5.74, 6) is -0.840. The van der Waals surface area contributed by atoms with E-state index in [9.17, 15) is 19.0 Å². The molecule has 9 nitrogen and oxygen atoms in total. The molecular formula is C84H133NO8P+. The molecule has 0 amide bonds. The van der Waals surface area contributed by atoms with Crippen LogP contribution in [0.5, 0.6) is 0 Å². The van der Waals surface area contributed by atoms with E-state index in [4.69, 9.17) is 18.5 Å². The van der Waals surface area contributed by atoms with Crippen molar-refractivity contribution in [2.24, 2.45) is 0 Å². The van der Waals surface area contributed by atoms with E-state index in [0.29, 0.717) is 23.9 Å². The van der Waals surface area contributed by atoms with Gasteiger partial charge in [-0.15, -0.1) is 0 Å². The van der Waals surface area contributed by atoms with E-state index in [0.717, 1.165) is 180 Å². The fourth-order valence-electron chi connectivity index (χ4n) is 9.00. The van der Waals surface area contributed by atoms with Crippen LogP contribution in [0.3, 0.4) is 0 Å². The maximum Gasteiger partial charge on any atom is 0.472 e. The highest BCUT2D eigenvalue weighted by Crippen LogP contribution is 2.43. The molecule has 94 heavy (non-hydrogen) atoms. The SMILES string of the molecule is CC/C=C\C/C=C\C/C=C\C/C=C\C/C=C\C/C=C\C/C=C\C/C=C\C/C=C\C/C=C\CCCCCCCCC(=O)OC(COC(=O)CCCCCCCCCC/C=C\C/C=C\C/C=C\C/C=C\C/C=C\C/C=C\C/C=C\C/C=C\CC)COP(=O)(O)OCC[N+](C)(C)C. The molecule has 0 aromatic rings. The van der Waals surface area contributed by atoms with Crippen molar-refractivity contribution in [3.63, 3.8) is 0 Å². The average Bonchev–Trinajstić information content (AvgIpc) is 1.56. The molecule has 0 aromatic carbocycles. The fourth-order valence-corrected chi connectivity index (χ4v) is 9.74. The second-order valence-electron chi connectivity index (χ2n) is 24.5. The van der Waals surface area contributed by atoms with Crippen molar-refractivity contribution in [3.8, 4) is 0 Å². The fraction of sp³-hybridized carbons (Fsp3) is 0.548. The number of nitrogens with zero attached hydrogens (tertiary/aromatic N) is 1. The lowest BCUT2D eigenvalue weighted by Crippen LogP contribution is -2.37. The van der Waals surface area contributed by atoms with Crippen LogP contribution in [0.25, 0.3) is 0 Å². The third-order valence-electron chi connectivity index (χ3n) is 14.5. The van der Waals surface area contributed by atoms with Crippen molar-refractivity contribution < 1.29 is 42.1 Å². The molecule has 0 aliphatic heterocycles. The maximum atomic E-state index is 12.9. The number of phosphoric acid groups is 1. The van der Waals surface area contributed by atoms with Crippen LogP contribution < -0.4 is 0 Å². The average molecular weight is 1320 g/mol. The highest BCUT2D eigenvalue weighted by Gasteiger charge is 2.27. The largest absolute Gasteiger partial charge is 0.472 e. The molecule has 0 aromatic heterocycles. The molecular weight excluding hydrogens is 1180 g/mol. The zero-order valence-corrected chi connectivity index (χ0v) is 60.7. The first-order valence-electron chi connectivity index (χ1n) is 36.5. The van der Waals surface area contributed by atoms with Gasteiger partial charge in [0.15, 0.2) is 6.10 Å². The van der Waals surface area contributed by atoms with Crippen LogP contribution in [-0.2, 0) is 32.7 Å². The van der Waals surface area contributed by atoms with Gasteiger partial charge >= 0.3 is 19.8 Å². The zero-order valence-electron chi connectivity index (χ0n) is 59.8. The number of likely N-dealkylation sites (N-methyl/N-ethyl adjacent to an activating group) is 1. The molecule has 0 rings (SSSR count). The first kappa shape index (κ1) is 88.3. The smallest absolute Gasteiger partial charge is 0.462 e. The van der Waals surface area contributed by atoms with Crippen molar-refractivity contribution in [3.05, 3.63) is 219 Å². The molecule has 526 valence electrons. The minimum Gasteiger partial charge on any atom is -0.462 e. The van der Waals surface area contributed by atoms with Crippen molar-refractivity contribution >= 4 is 19.8 Å². The van der Waals surface area contributed by atoms with Gasteiger partial charge in [0.2, 0.25) is 0 Å². The van der Waals surface area contributed by atoms with Gasteiger partial charge < -0.3 is 18.9 Å². The van der Waals surface area contributed by atoms with Crippen LogP contribution in [0.2, 0.25) is 0 Å². The van der Waals surface area contributed by atoms with Gasteiger partial charge in [-0.2, -0.15) is 0 Å². The number of rotatable bonds is 64. The van der Waals surface area contributed by atoms with Gasteiger partial charge in [-0.1, -0.05) is 297 Å². The Kier molecular flexibility index (Phi) is 67.3. The lowest BCUT2D eigenvalue weighted by Gasteiger charge is -2.24. The van der Waals surface area contributed by atoms with Gasteiger partial charge in [0.05, 0.1) is 27.7 Å². The summed E-state index contributed by atoms with van der Waals surface area (Å²) in [6, 6.07) is 0. The van der Waals surface area contributed by atoms with E-state index in [1.807, 2.05) is 21.1 Å². The summed E-state index contributed by atoms with van der Waals surface area (Å²) in [6.07, 6.45) is 115. The monoisotopic (exact) mass is 1310 g/mol. The van der Waals surface area contributed by atoms with E-state index in [1.54, 1.807) is 0 Å². The minimum atomic E-state index is -4.42. The first-order valence-corrected chi connectivity index (χ1v) is 38.0. The van der Waals surface area contributed by atoms with Crippen LogP contribution in [0.1, 0.15) is 245 Å². The lowest BCUT2D eigenvalue weighted by molar-refractivity contribution is -0.870. The Morgan fingerprint density at radius 2 is 0.574 bits per heavy atom. The van der Waals surface area contributed by atoms with Crippen molar-refractivity contribution in [2.75, 3.05) is 47.5 Å². The Hall–Kier alpha value is -5.67. The molecule has 2 atom stereocenters. The molecule has 1 N–H and O–H groups in total. The van der Waals surface area contributed by atoms with Crippen LogP contribution >= 0.6 is 7.82 Å². The third-order valence-corrected chi connectivity index (χ3v) is 15.5. The van der Waals surface area contributed by atoms with Crippen LogP contribution in [0.15, 0.2) is 219 Å². The Morgan fingerprint density at radius 3 is 0.851 bits per heavy atom. The van der Waals surface area contributed by atoms with Crippen LogP contribution in [0.4, 0.5) is 0 Å². The predicted molar refractivity (Wildman–Crippen MR) is 408 cm³/mol. The number of carbonyl (C=O) groups excluding carboxylic acids is 2. The molecule has 0 bridgehead atoms. The first-order chi connectivity index (χ1) is 46.0.